The van der Waals surface area contributed by atoms with Gasteiger partial charge in [-0.3, -0.25) is 0 Å². The summed E-state index contributed by atoms with van der Waals surface area (Å²) in [6.45, 7) is 0.638. The van der Waals surface area contributed by atoms with Gasteiger partial charge in [0, 0.05) is 23.7 Å². The second-order valence-electron chi connectivity index (χ2n) is 3.47. The standard InChI is InChI=1S/C12H13ClN2O2S/c1-16-10-6-9(11(17-2)5-8(10)13)15-7-12-14-3-4-18-12/h3-6,15H,7H2,1-2H3. The minimum absolute atomic E-state index is 0.522. The van der Waals surface area contributed by atoms with E-state index >= 15 is 0 Å². The molecular weight excluding hydrogens is 272 g/mol. The number of nitrogens with zero attached hydrogens (tertiary/aromatic N) is 1. The van der Waals surface area contributed by atoms with Crippen molar-refractivity contribution < 1.29 is 9.47 Å². The Bertz CT molecular complexity index is 517. The number of hydrogen-bond acceptors (Lipinski definition) is 5. The fourth-order valence-corrected chi connectivity index (χ4v) is 2.30. The summed E-state index contributed by atoms with van der Waals surface area (Å²) < 4.78 is 10.5. The highest BCUT2D eigenvalue weighted by atomic mass is 35.5. The Morgan fingerprint density at radius 2 is 2.06 bits per heavy atom. The van der Waals surface area contributed by atoms with E-state index in [2.05, 4.69) is 10.3 Å². The number of hydrogen-bond donors (Lipinski definition) is 1. The van der Waals surface area contributed by atoms with Crippen molar-refractivity contribution >= 4 is 28.6 Å². The van der Waals surface area contributed by atoms with Gasteiger partial charge in [-0.05, 0) is 0 Å². The molecule has 0 aliphatic heterocycles. The first-order chi connectivity index (χ1) is 8.74. The van der Waals surface area contributed by atoms with Gasteiger partial charge in [0.25, 0.3) is 0 Å². The number of aromatic nitrogens is 1. The van der Waals surface area contributed by atoms with Crippen LogP contribution in [-0.2, 0) is 6.54 Å². The van der Waals surface area contributed by atoms with Crippen molar-refractivity contribution in [3.63, 3.8) is 0 Å². The summed E-state index contributed by atoms with van der Waals surface area (Å²) >= 11 is 7.63. The lowest BCUT2D eigenvalue weighted by Crippen LogP contribution is -2.01. The number of benzene rings is 1. The maximum atomic E-state index is 6.04. The van der Waals surface area contributed by atoms with Crippen LogP contribution in [-0.4, -0.2) is 19.2 Å². The molecule has 2 rings (SSSR count). The van der Waals surface area contributed by atoms with Crippen molar-refractivity contribution in [1.29, 1.82) is 0 Å². The number of methoxy groups -OCH3 is 2. The second-order valence-corrected chi connectivity index (χ2v) is 4.85. The van der Waals surface area contributed by atoms with Crippen molar-refractivity contribution in [2.45, 2.75) is 6.54 Å². The Kier molecular flexibility index (Phi) is 4.28. The van der Waals surface area contributed by atoms with Crippen LogP contribution in [0.2, 0.25) is 5.02 Å². The van der Waals surface area contributed by atoms with Crippen LogP contribution >= 0.6 is 22.9 Å². The molecule has 0 fully saturated rings. The summed E-state index contributed by atoms with van der Waals surface area (Å²) in [5, 5.41) is 6.72. The summed E-state index contributed by atoms with van der Waals surface area (Å²) in [7, 11) is 3.19. The van der Waals surface area contributed by atoms with Crippen molar-refractivity contribution in [2.75, 3.05) is 19.5 Å². The van der Waals surface area contributed by atoms with Gasteiger partial charge in [0.15, 0.2) is 0 Å². The number of ether oxygens (including phenoxy) is 2. The quantitative estimate of drug-likeness (QED) is 0.913. The Morgan fingerprint density at radius 1 is 1.28 bits per heavy atom. The third-order valence-corrected chi connectivity index (χ3v) is 3.46. The Labute approximate surface area is 115 Å². The molecule has 0 amide bonds. The Morgan fingerprint density at radius 3 is 2.67 bits per heavy atom. The maximum Gasteiger partial charge on any atom is 0.143 e. The number of halogens is 1. The average molecular weight is 285 g/mol. The van der Waals surface area contributed by atoms with E-state index in [4.69, 9.17) is 21.1 Å². The van der Waals surface area contributed by atoms with Crippen LogP contribution in [0.1, 0.15) is 5.01 Å². The first kappa shape index (κ1) is 13.0. The molecule has 0 atom stereocenters. The summed E-state index contributed by atoms with van der Waals surface area (Å²) in [5.41, 5.74) is 0.828. The van der Waals surface area contributed by atoms with Crippen molar-refractivity contribution in [3.05, 3.63) is 33.7 Å². The van der Waals surface area contributed by atoms with Gasteiger partial charge in [-0.15, -0.1) is 11.3 Å². The number of rotatable bonds is 5. The van der Waals surface area contributed by atoms with Crippen LogP contribution in [0, 0.1) is 0 Å². The van der Waals surface area contributed by atoms with E-state index in [1.807, 2.05) is 11.4 Å². The molecule has 0 radical (unpaired) electrons. The van der Waals surface area contributed by atoms with Crippen molar-refractivity contribution in [2.24, 2.45) is 0 Å². The number of anilines is 1. The molecule has 96 valence electrons. The topological polar surface area (TPSA) is 43.4 Å². The molecule has 18 heavy (non-hydrogen) atoms. The first-order valence-corrected chi connectivity index (χ1v) is 6.54. The largest absolute Gasteiger partial charge is 0.495 e. The molecule has 2 aromatic rings. The zero-order valence-corrected chi connectivity index (χ0v) is 11.6. The third kappa shape index (κ3) is 2.86. The Balaban J connectivity index is 2.19. The van der Waals surface area contributed by atoms with Crippen LogP contribution in [0.4, 0.5) is 5.69 Å². The molecule has 1 heterocycles. The van der Waals surface area contributed by atoms with E-state index in [9.17, 15) is 0 Å². The molecular formula is C12H13ClN2O2S. The van der Waals surface area contributed by atoms with Gasteiger partial charge in [-0.25, -0.2) is 4.98 Å². The molecule has 6 heteroatoms. The van der Waals surface area contributed by atoms with Crippen LogP contribution in [0.15, 0.2) is 23.7 Å². The lowest BCUT2D eigenvalue weighted by atomic mass is 10.2. The van der Waals surface area contributed by atoms with Crippen molar-refractivity contribution in [1.82, 2.24) is 4.98 Å². The predicted octanol–water partition coefficient (Wildman–Crippen LogP) is 3.43. The van der Waals surface area contributed by atoms with Gasteiger partial charge < -0.3 is 14.8 Å². The van der Waals surface area contributed by atoms with E-state index in [0.29, 0.717) is 23.1 Å². The lowest BCUT2D eigenvalue weighted by Gasteiger charge is -2.13. The average Bonchev–Trinajstić information content (AvgIpc) is 2.90. The molecule has 1 aromatic carbocycles. The zero-order valence-electron chi connectivity index (χ0n) is 10.1. The highest BCUT2D eigenvalue weighted by Crippen LogP contribution is 2.36. The molecule has 0 saturated heterocycles. The van der Waals surface area contributed by atoms with Gasteiger partial charge >= 0.3 is 0 Å². The first-order valence-electron chi connectivity index (χ1n) is 5.28. The molecule has 0 bridgehead atoms. The summed E-state index contributed by atoms with van der Waals surface area (Å²) in [6.07, 6.45) is 1.78. The number of thiazole rings is 1. The summed E-state index contributed by atoms with van der Waals surface area (Å²) in [5.74, 6) is 1.29. The summed E-state index contributed by atoms with van der Waals surface area (Å²) in [6, 6.07) is 3.54. The van der Waals surface area contributed by atoms with Gasteiger partial charge in [-0.2, -0.15) is 0 Å². The molecule has 1 aromatic heterocycles. The molecule has 0 spiro atoms. The third-order valence-electron chi connectivity index (χ3n) is 2.39. The predicted molar refractivity (Wildman–Crippen MR) is 74.0 cm³/mol. The van der Waals surface area contributed by atoms with Crippen LogP contribution in [0.3, 0.4) is 0 Å². The van der Waals surface area contributed by atoms with Gasteiger partial charge in [-0.1, -0.05) is 11.6 Å². The second kappa shape index (κ2) is 5.93. The fraction of sp³-hybridized carbons (Fsp3) is 0.250. The molecule has 0 saturated carbocycles. The fourth-order valence-electron chi connectivity index (χ4n) is 1.51. The van der Waals surface area contributed by atoms with E-state index in [0.717, 1.165) is 10.7 Å². The normalized spacial score (nSPS) is 10.2. The molecule has 1 N–H and O–H groups in total. The molecule has 0 unspecified atom stereocenters. The van der Waals surface area contributed by atoms with E-state index in [1.54, 1.807) is 37.8 Å². The highest BCUT2D eigenvalue weighted by Gasteiger charge is 2.09. The van der Waals surface area contributed by atoms with Gasteiger partial charge in [0.05, 0.1) is 31.5 Å². The van der Waals surface area contributed by atoms with Crippen LogP contribution < -0.4 is 14.8 Å². The smallest absolute Gasteiger partial charge is 0.143 e. The highest BCUT2D eigenvalue weighted by molar-refractivity contribution is 7.09. The Hall–Kier alpha value is -1.46. The minimum Gasteiger partial charge on any atom is -0.495 e. The maximum absolute atomic E-state index is 6.04. The van der Waals surface area contributed by atoms with E-state index in [-0.39, 0.29) is 0 Å². The monoisotopic (exact) mass is 284 g/mol. The molecule has 0 aliphatic rings. The van der Waals surface area contributed by atoms with Crippen LogP contribution in [0.5, 0.6) is 11.5 Å². The van der Waals surface area contributed by atoms with Crippen LogP contribution in [0.25, 0.3) is 0 Å². The van der Waals surface area contributed by atoms with Gasteiger partial charge in [0.2, 0.25) is 0 Å². The SMILES string of the molecule is COc1cc(NCc2nccs2)c(OC)cc1Cl. The number of nitrogens with one attached hydrogen (secondary N) is 1. The van der Waals surface area contributed by atoms with Gasteiger partial charge in [0.1, 0.15) is 16.5 Å². The minimum atomic E-state index is 0.522. The summed E-state index contributed by atoms with van der Waals surface area (Å²) in [4.78, 5) is 4.20. The lowest BCUT2D eigenvalue weighted by molar-refractivity contribution is 0.404. The van der Waals surface area contributed by atoms with E-state index < -0.39 is 0 Å². The zero-order chi connectivity index (χ0) is 13.0. The van der Waals surface area contributed by atoms with E-state index in [1.165, 1.54) is 0 Å². The molecule has 4 nitrogen and oxygen atoms in total. The van der Waals surface area contributed by atoms with Crippen molar-refractivity contribution in [3.8, 4) is 11.5 Å². The molecule has 0 aliphatic carbocycles.